The molecule has 0 saturated carbocycles. The highest BCUT2D eigenvalue weighted by molar-refractivity contribution is 5.72. The lowest BCUT2D eigenvalue weighted by atomic mass is 10.1. The van der Waals surface area contributed by atoms with Crippen LogP contribution in [0.3, 0.4) is 0 Å². The molecule has 0 aliphatic carbocycles. The topological polar surface area (TPSA) is 142 Å². The van der Waals surface area contributed by atoms with Crippen LogP contribution in [0.2, 0.25) is 0 Å². The molecule has 1 atom stereocenters. The first-order chi connectivity index (χ1) is 11.8. The minimum atomic E-state index is -1.10. The van der Waals surface area contributed by atoms with E-state index in [0.717, 1.165) is 0 Å². The zero-order chi connectivity index (χ0) is 18.8. The molecular weight excluding hydrogens is 334 g/mol. The van der Waals surface area contributed by atoms with Crippen molar-refractivity contribution < 1.29 is 39.2 Å². The summed E-state index contributed by atoms with van der Waals surface area (Å²) in [4.78, 5) is 33.3. The van der Waals surface area contributed by atoms with E-state index < -0.39 is 24.3 Å². The average molecular weight is 355 g/mol. The van der Waals surface area contributed by atoms with E-state index in [-0.39, 0.29) is 37.3 Å². The highest BCUT2D eigenvalue weighted by atomic mass is 16.7. The molecule has 0 bridgehead atoms. The Morgan fingerprint density at radius 3 is 2.48 bits per heavy atom. The van der Waals surface area contributed by atoms with Gasteiger partial charge in [-0.05, 0) is 30.5 Å². The number of phenolic OH excluding ortho intramolecular Hbond substituents is 2. The first-order valence-corrected chi connectivity index (χ1v) is 7.64. The number of aromatic hydroxyl groups is 2. The lowest BCUT2D eigenvalue weighted by Gasteiger charge is -2.14. The standard InChI is InChI=1S/C16H21NO8/c1-10(24-15(22)4-2-3-14(20)21)25-16(23)17-8-7-11-5-6-12(18)13(19)9-11/h5-6,9-10,18-19H,2-4,7-8H2,1H3,(H,17,23)(H,20,21). The van der Waals surface area contributed by atoms with Crippen LogP contribution in [0.5, 0.6) is 11.5 Å². The van der Waals surface area contributed by atoms with Crippen LogP contribution in [0, 0.1) is 0 Å². The van der Waals surface area contributed by atoms with Gasteiger partial charge in [0.2, 0.25) is 6.29 Å². The molecule has 9 heteroatoms. The van der Waals surface area contributed by atoms with Gasteiger partial charge in [-0.3, -0.25) is 9.59 Å². The number of aliphatic carboxylic acids is 1. The Kier molecular flexibility index (Phi) is 8.04. The number of benzene rings is 1. The number of hydrogen-bond donors (Lipinski definition) is 4. The molecule has 0 saturated heterocycles. The molecule has 0 radical (unpaired) electrons. The molecule has 4 N–H and O–H groups in total. The van der Waals surface area contributed by atoms with E-state index in [0.29, 0.717) is 12.0 Å². The summed E-state index contributed by atoms with van der Waals surface area (Å²) in [5.41, 5.74) is 0.702. The van der Waals surface area contributed by atoms with E-state index in [1.54, 1.807) is 6.07 Å². The summed E-state index contributed by atoms with van der Waals surface area (Å²) in [7, 11) is 0. The van der Waals surface area contributed by atoms with Gasteiger partial charge in [-0.2, -0.15) is 0 Å². The van der Waals surface area contributed by atoms with Crippen LogP contribution in [0.1, 0.15) is 31.7 Å². The molecule has 1 rings (SSSR count). The van der Waals surface area contributed by atoms with Crippen molar-refractivity contribution in [3.8, 4) is 11.5 Å². The molecule has 0 aliphatic heterocycles. The molecule has 138 valence electrons. The lowest BCUT2D eigenvalue weighted by molar-refractivity contribution is -0.164. The maximum absolute atomic E-state index is 11.6. The third kappa shape index (κ3) is 8.45. The first-order valence-electron chi connectivity index (χ1n) is 7.64. The van der Waals surface area contributed by atoms with Crippen molar-refractivity contribution in [3.05, 3.63) is 23.8 Å². The van der Waals surface area contributed by atoms with Gasteiger partial charge in [-0.15, -0.1) is 0 Å². The van der Waals surface area contributed by atoms with Crippen LogP contribution in [-0.4, -0.2) is 46.2 Å². The van der Waals surface area contributed by atoms with Crippen LogP contribution in [0.25, 0.3) is 0 Å². The number of esters is 1. The Morgan fingerprint density at radius 2 is 1.84 bits per heavy atom. The molecule has 1 amide bonds. The quantitative estimate of drug-likeness (QED) is 0.297. The fraction of sp³-hybridized carbons (Fsp3) is 0.438. The Balaban J connectivity index is 2.23. The predicted octanol–water partition coefficient (Wildman–Crippen LogP) is 1.51. The smallest absolute Gasteiger partial charge is 0.410 e. The molecule has 0 spiro atoms. The zero-order valence-electron chi connectivity index (χ0n) is 13.7. The molecule has 0 aromatic heterocycles. The summed E-state index contributed by atoms with van der Waals surface area (Å²) in [6.45, 7) is 1.58. The third-order valence-corrected chi connectivity index (χ3v) is 3.06. The second-order valence-corrected chi connectivity index (χ2v) is 5.21. The number of carboxylic acids is 1. The summed E-state index contributed by atoms with van der Waals surface area (Å²) in [6, 6.07) is 4.32. The van der Waals surface area contributed by atoms with Crippen LogP contribution < -0.4 is 5.32 Å². The van der Waals surface area contributed by atoms with Crippen molar-refractivity contribution in [1.82, 2.24) is 5.32 Å². The van der Waals surface area contributed by atoms with E-state index in [4.69, 9.17) is 14.6 Å². The van der Waals surface area contributed by atoms with Crippen molar-refractivity contribution >= 4 is 18.0 Å². The lowest BCUT2D eigenvalue weighted by Crippen LogP contribution is -2.31. The summed E-state index contributed by atoms with van der Waals surface area (Å²) >= 11 is 0. The van der Waals surface area contributed by atoms with Gasteiger partial charge in [0, 0.05) is 26.3 Å². The summed E-state index contributed by atoms with van der Waals surface area (Å²) in [6.07, 6.45) is -1.56. The number of rotatable bonds is 9. The van der Waals surface area contributed by atoms with E-state index in [9.17, 15) is 24.6 Å². The maximum Gasteiger partial charge on any atom is 0.410 e. The van der Waals surface area contributed by atoms with Gasteiger partial charge < -0.3 is 30.1 Å². The zero-order valence-corrected chi connectivity index (χ0v) is 13.7. The van der Waals surface area contributed by atoms with Crippen molar-refractivity contribution in [1.29, 1.82) is 0 Å². The maximum atomic E-state index is 11.6. The Hall–Kier alpha value is -2.97. The fourth-order valence-corrected chi connectivity index (χ4v) is 1.88. The highest BCUT2D eigenvalue weighted by Gasteiger charge is 2.14. The molecule has 0 fully saturated rings. The van der Waals surface area contributed by atoms with Crippen LogP contribution in [0.4, 0.5) is 4.79 Å². The number of alkyl carbamates (subject to hydrolysis) is 1. The molecule has 1 aromatic carbocycles. The monoisotopic (exact) mass is 355 g/mol. The van der Waals surface area contributed by atoms with Gasteiger partial charge in [0.15, 0.2) is 11.5 Å². The number of phenols is 2. The number of carbonyl (C=O) groups is 3. The van der Waals surface area contributed by atoms with Gasteiger partial charge >= 0.3 is 18.0 Å². The highest BCUT2D eigenvalue weighted by Crippen LogP contribution is 2.24. The van der Waals surface area contributed by atoms with Crippen molar-refractivity contribution in [2.75, 3.05) is 6.54 Å². The fourth-order valence-electron chi connectivity index (χ4n) is 1.88. The Bertz CT molecular complexity index is 616. The largest absolute Gasteiger partial charge is 0.504 e. The van der Waals surface area contributed by atoms with Crippen LogP contribution in [0.15, 0.2) is 18.2 Å². The Morgan fingerprint density at radius 1 is 1.12 bits per heavy atom. The summed E-state index contributed by atoms with van der Waals surface area (Å²) < 4.78 is 9.65. The SMILES string of the molecule is CC(OC(=O)CCCC(=O)O)OC(=O)NCCc1ccc(O)c(O)c1. The van der Waals surface area contributed by atoms with Crippen molar-refractivity contribution in [3.63, 3.8) is 0 Å². The number of carboxylic acid groups (broad SMARTS) is 1. The van der Waals surface area contributed by atoms with E-state index in [2.05, 4.69) is 5.32 Å². The number of amides is 1. The Labute approximate surface area is 144 Å². The van der Waals surface area contributed by atoms with E-state index in [1.165, 1.54) is 19.1 Å². The van der Waals surface area contributed by atoms with E-state index >= 15 is 0 Å². The molecule has 0 aliphatic rings. The summed E-state index contributed by atoms with van der Waals surface area (Å²) in [5.74, 6) is -2.13. The summed E-state index contributed by atoms with van der Waals surface area (Å²) in [5, 5.41) is 29.5. The van der Waals surface area contributed by atoms with Gasteiger partial charge in [0.05, 0.1) is 0 Å². The van der Waals surface area contributed by atoms with Gasteiger partial charge in [-0.25, -0.2) is 4.79 Å². The number of ether oxygens (including phenoxy) is 2. The number of carbonyl (C=O) groups excluding carboxylic acids is 2. The first kappa shape index (κ1) is 20.1. The molecule has 9 nitrogen and oxygen atoms in total. The number of nitrogens with one attached hydrogen (secondary N) is 1. The van der Waals surface area contributed by atoms with Crippen molar-refractivity contribution in [2.45, 2.75) is 38.9 Å². The van der Waals surface area contributed by atoms with Crippen LogP contribution >= 0.6 is 0 Å². The molecule has 25 heavy (non-hydrogen) atoms. The van der Waals surface area contributed by atoms with E-state index in [1.807, 2.05) is 0 Å². The van der Waals surface area contributed by atoms with Gasteiger partial charge in [-0.1, -0.05) is 6.07 Å². The van der Waals surface area contributed by atoms with Gasteiger partial charge in [0.25, 0.3) is 0 Å². The van der Waals surface area contributed by atoms with Crippen molar-refractivity contribution in [2.24, 2.45) is 0 Å². The predicted molar refractivity (Wildman–Crippen MR) is 85.0 cm³/mol. The average Bonchev–Trinajstić information content (AvgIpc) is 2.50. The van der Waals surface area contributed by atoms with Gasteiger partial charge in [0.1, 0.15) is 0 Å². The van der Waals surface area contributed by atoms with Crippen LogP contribution in [-0.2, 0) is 25.5 Å². The molecule has 1 unspecified atom stereocenters. The number of hydrogen-bond acceptors (Lipinski definition) is 7. The molecule has 0 heterocycles. The third-order valence-electron chi connectivity index (χ3n) is 3.06. The molecular formula is C16H21NO8. The normalized spacial score (nSPS) is 11.4. The minimum absolute atomic E-state index is 0.0774. The molecule has 1 aromatic rings. The minimum Gasteiger partial charge on any atom is -0.504 e. The second-order valence-electron chi connectivity index (χ2n) is 5.21. The second kappa shape index (κ2) is 10.0.